The number of pyridine rings is 1. The van der Waals surface area contributed by atoms with Crippen molar-refractivity contribution in [2.45, 2.75) is 26.4 Å². The number of H-pyrrole nitrogens is 1. The van der Waals surface area contributed by atoms with Crippen LogP contribution in [0.15, 0.2) is 67.0 Å². The third-order valence-corrected chi connectivity index (χ3v) is 5.85. The molecule has 5 rings (SSSR count). The molecule has 1 amide bonds. The molecule has 33 heavy (non-hydrogen) atoms. The van der Waals surface area contributed by atoms with Crippen LogP contribution in [0.2, 0.25) is 0 Å². The van der Waals surface area contributed by atoms with E-state index in [2.05, 4.69) is 15.2 Å². The molecule has 0 aliphatic carbocycles. The van der Waals surface area contributed by atoms with Gasteiger partial charge in [0.15, 0.2) is 0 Å². The van der Waals surface area contributed by atoms with E-state index in [4.69, 9.17) is 4.74 Å². The van der Waals surface area contributed by atoms with Gasteiger partial charge in [0.05, 0.1) is 12.6 Å². The Morgan fingerprint density at radius 1 is 1.15 bits per heavy atom. The summed E-state index contributed by atoms with van der Waals surface area (Å²) >= 11 is 0. The van der Waals surface area contributed by atoms with Gasteiger partial charge in [-0.05, 0) is 55.3 Å². The number of phenolic OH excluding ortho intramolecular Hbond substituents is 1. The number of rotatable bonds is 6. The van der Waals surface area contributed by atoms with Crippen LogP contribution in [0.3, 0.4) is 0 Å². The van der Waals surface area contributed by atoms with E-state index in [-0.39, 0.29) is 17.7 Å². The summed E-state index contributed by atoms with van der Waals surface area (Å²) in [6.45, 7) is 4.88. The van der Waals surface area contributed by atoms with Crippen LogP contribution in [0.5, 0.6) is 11.5 Å². The third-order valence-electron chi connectivity index (χ3n) is 5.85. The molecule has 1 aliphatic heterocycles. The molecule has 2 N–H and O–H groups in total. The van der Waals surface area contributed by atoms with Crippen LogP contribution < -0.4 is 4.74 Å². The molecule has 2 aromatic heterocycles. The molecule has 3 heterocycles. The highest BCUT2D eigenvalue weighted by atomic mass is 16.5. The Hall–Kier alpha value is -4.13. The summed E-state index contributed by atoms with van der Waals surface area (Å²) in [6.07, 6.45) is 3.48. The Kier molecular flexibility index (Phi) is 5.30. The van der Waals surface area contributed by atoms with E-state index in [0.29, 0.717) is 30.1 Å². The first-order valence-electron chi connectivity index (χ1n) is 10.9. The predicted molar refractivity (Wildman–Crippen MR) is 124 cm³/mol. The fourth-order valence-corrected chi connectivity index (χ4v) is 4.35. The lowest BCUT2D eigenvalue weighted by Gasteiger charge is -2.26. The number of benzene rings is 2. The Labute approximate surface area is 191 Å². The van der Waals surface area contributed by atoms with E-state index in [1.165, 1.54) is 0 Å². The average Bonchev–Trinajstić information content (AvgIpc) is 3.36. The zero-order chi connectivity index (χ0) is 22.9. The molecule has 2 aromatic carbocycles. The van der Waals surface area contributed by atoms with Gasteiger partial charge in [-0.25, -0.2) is 0 Å². The molecular weight excluding hydrogens is 416 g/mol. The van der Waals surface area contributed by atoms with Crippen molar-refractivity contribution in [2.75, 3.05) is 6.61 Å². The zero-order valence-electron chi connectivity index (χ0n) is 18.4. The molecule has 166 valence electrons. The number of fused-ring (bicyclic) bond motifs is 1. The normalized spacial score (nSPS) is 15.0. The molecule has 1 aliphatic rings. The van der Waals surface area contributed by atoms with Crippen LogP contribution in [0.4, 0.5) is 0 Å². The number of phenols is 1. The monoisotopic (exact) mass is 440 g/mol. The topological polar surface area (TPSA) is 91.3 Å². The largest absolute Gasteiger partial charge is 0.507 e. The summed E-state index contributed by atoms with van der Waals surface area (Å²) < 4.78 is 5.60. The molecule has 1 atom stereocenters. The Bertz CT molecular complexity index is 1300. The SMILES string of the molecule is CCOc1ccc([C@@H]2c3c(-c4cc(C)ccc4O)n[nH]c3C(=O)N2Cc2cccnc2)cc1. The molecule has 7 heteroatoms. The first-order valence-corrected chi connectivity index (χ1v) is 10.9. The van der Waals surface area contributed by atoms with Gasteiger partial charge in [-0.3, -0.25) is 14.9 Å². The highest BCUT2D eigenvalue weighted by Gasteiger charge is 2.42. The van der Waals surface area contributed by atoms with Gasteiger partial charge in [-0.2, -0.15) is 5.10 Å². The second-order valence-electron chi connectivity index (χ2n) is 8.08. The van der Waals surface area contributed by atoms with Crippen LogP contribution in [-0.2, 0) is 6.54 Å². The highest BCUT2D eigenvalue weighted by molar-refractivity contribution is 6.00. The van der Waals surface area contributed by atoms with Crippen molar-refractivity contribution in [1.29, 1.82) is 0 Å². The van der Waals surface area contributed by atoms with Crippen molar-refractivity contribution in [3.05, 3.63) is 94.9 Å². The summed E-state index contributed by atoms with van der Waals surface area (Å²) in [7, 11) is 0. The third kappa shape index (κ3) is 3.71. The highest BCUT2D eigenvalue weighted by Crippen LogP contribution is 2.45. The molecule has 0 saturated heterocycles. The number of ether oxygens (including phenoxy) is 1. The molecule has 0 bridgehead atoms. The smallest absolute Gasteiger partial charge is 0.273 e. The fourth-order valence-electron chi connectivity index (χ4n) is 4.35. The number of nitrogens with one attached hydrogen (secondary N) is 1. The van der Waals surface area contributed by atoms with Crippen LogP contribution in [-0.4, -0.2) is 37.7 Å². The number of aromatic nitrogens is 3. The minimum absolute atomic E-state index is 0.124. The Balaban J connectivity index is 1.65. The molecule has 0 radical (unpaired) electrons. The molecule has 0 fully saturated rings. The van der Waals surface area contributed by atoms with Crippen molar-refractivity contribution in [3.63, 3.8) is 0 Å². The lowest BCUT2D eigenvalue weighted by molar-refractivity contribution is 0.0730. The van der Waals surface area contributed by atoms with E-state index in [1.54, 1.807) is 18.5 Å². The maximum atomic E-state index is 13.5. The number of aromatic amines is 1. The maximum Gasteiger partial charge on any atom is 0.273 e. The maximum absolute atomic E-state index is 13.5. The van der Waals surface area contributed by atoms with Gasteiger partial charge in [0.1, 0.15) is 22.9 Å². The van der Waals surface area contributed by atoms with Gasteiger partial charge in [-0.15, -0.1) is 0 Å². The van der Waals surface area contributed by atoms with E-state index in [9.17, 15) is 9.90 Å². The molecule has 0 unspecified atom stereocenters. The second kappa shape index (κ2) is 8.43. The van der Waals surface area contributed by atoms with Crippen molar-refractivity contribution in [3.8, 4) is 22.8 Å². The van der Waals surface area contributed by atoms with E-state index in [0.717, 1.165) is 28.0 Å². The summed E-state index contributed by atoms with van der Waals surface area (Å²) in [5.74, 6) is 0.755. The quantitative estimate of drug-likeness (QED) is 0.456. The number of aryl methyl sites for hydroxylation is 1. The van der Waals surface area contributed by atoms with E-state index < -0.39 is 0 Å². The lowest BCUT2D eigenvalue weighted by Crippen LogP contribution is -2.29. The van der Waals surface area contributed by atoms with Crippen molar-refractivity contribution < 1.29 is 14.6 Å². The van der Waals surface area contributed by atoms with Crippen molar-refractivity contribution >= 4 is 5.91 Å². The van der Waals surface area contributed by atoms with Gasteiger partial charge in [-0.1, -0.05) is 29.8 Å². The first-order chi connectivity index (χ1) is 16.1. The van der Waals surface area contributed by atoms with Gasteiger partial charge in [0.25, 0.3) is 5.91 Å². The summed E-state index contributed by atoms with van der Waals surface area (Å²) in [5.41, 5.74) is 5.23. The van der Waals surface area contributed by atoms with Gasteiger partial charge in [0.2, 0.25) is 0 Å². The average molecular weight is 441 g/mol. The first kappa shape index (κ1) is 20.8. The van der Waals surface area contributed by atoms with Crippen molar-refractivity contribution in [2.24, 2.45) is 0 Å². The summed E-state index contributed by atoms with van der Waals surface area (Å²) in [6, 6.07) is 16.6. The van der Waals surface area contributed by atoms with Gasteiger partial charge >= 0.3 is 0 Å². The van der Waals surface area contributed by atoms with Crippen LogP contribution in [0.25, 0.3) is 11.3 Å². The molecule has 0 saturated carbocycles. The van der Waals surface area contributed by atoms with Gasteiger partial charge in [0, 0.05) is 30.1 Å². The number of aromatic hydroxyl groups is 1. The molecule has 4 aromatic rings. The van der Waals surface area contributed by atoms with Crippen LogP contribution >= 0.6 is 0 Å². The fraction of sp³-hybridized carbons (Fsp3) is 0.192. The number of hydrogen-bond acceptors (Lipinski definition) is 5. The molecule has 7 nitrogen and oxygen atoms in total. The number of carbonyl (C=O) groups excluding carboxylic acids is 1. The minimum Gasteiger partial charge on any atom is -0.507 e. The van der Waals surface area contributed by atoms with Crippen LogP contribution in [0, 0.1) is 6.92 Å². The second-order valence-corrected chi connectivity index (χ2v) is 8.08. The minimum atomic E-state index is -0.378. The number of nitrogens with zero attached hydrogens (tertiary/aromatic N) is 3. The number of hydrogen-bond donors (Lipinski definition) is 2. The zero-order valence-corrected chi connectivity index (χ0v) is 18.4. The Morgan fingerprint density at radius 2 is 1.97 bits per heavy atom. The molecular formula is C26H24N4O3. The number of carbonyl (C=O) groups is 1. The van der Waals surface area contributed by atoms with Gasteiger partial charge < -0.3 is 14.7 Å². The Morgan fingerprint density at radius 3 is 2.70 bits per heavy atom. The summed E-state index contributed by atoms with van der Waals surface area (Å²) in [5, 5.41) is 18.0. The lowest BCUT2D eigenvalue weighted by atomic mass is 9.95. The molecule has 0 spiro atoms. The van der Waals surface area contributed by atoms with E-state index >= 15 is 0 Å². The standard InChI is InChI=1S/C26H24N4O3/c1-3-33-19-9-7-18(8-10-19)25-22-23(20-13-16(2)6-11-21(20)31)28-29-24(22)26(32)30(25)15-17-5-4-12-27-14-17/h4-14,25,31H,3,15H2,1-2H3,(H,28,29)/t25-/m1/s1. The number of amides is 1. The predicted octanol–water partition coefficient (Wildman–Crippen LogP) is 4.63. The van der Waals surface area contributed by atoms with E-state index in [1.807, 2.05) is 67.3 Å². The van der Waals surface area contributed by atoms with Crippen molar-refractivity contribution in [1.82, 2.24) is 20.1 Å². The van der Waals surface area contributed by atoms with Crippen LogP contribution in [0.1, 0.15) is 45.7 Å². The summed E-state index contributed by atoms with van der Waals surface area (Å²) in [4.78, 5) is 19.5.